The van der Waals surface area contributed by atoms with Crippen LogP contribution in [0.1, 0.15) is 6.42 Å². The van der Waals surface area contributed by atoms with Gasteiger partial charge >= 0.3 is 6.36 Å². The third-order valence-electron chi connectivity index (χ3n) is 3.57. The molecule has 0 aliphatic heterocycles. The summed E-state index contributed by atoms with van der Waals surface area (Å²) in [5, 5.41) is 10.3. The van der Waals surface area contributed by atoms with Crippen molar-refractivity contribution >= 4 is 22.5 Å². The molecule has 0 bridgehead atoms. The number of aryl methyl sites for hydroxylation is 1. The van der Waals surface area contributed by atoms with Gasteiger partial charge in [-0.15, -0.1) is 18.3 Å². The summed E-state index contributed by atoms with van der Waals surface area (Å²) < 4.78 is 42.1. The number of rotatable bonds is 5. The fraction of sp³-hybridized carbons (Fsp3) is 0.176. The van der Waals surface area contributed by atoms with Gasteiger partial charge < -0.3 is 10.1 Å². The van der Waals surface area contributed by atoms with Gasteiger partial charge in [0.2, 0.25) is 5.91 Å². The first-order valence-electron chi connectivity index (χ1n) is 7.81. The highest BCUT2D eigenvalue weighted by atomic mass is 19.4. The predicted octanol–water partition coefficient (Wildman–Crippen LogP) is 2.72. The molecule has 0 aliphatic rings. The summed E-state index contributed by atoms with van der Waals surface area (Å²) in [7, 11) is 0. The summed E-state index contributed by atoms with van der Waals surface area (Å²) in [5.74, 6) is -1.13. The lowest BCUT2D eigenvalue weighted by Crippen LogP contribution is -2.26. The fourth-order valence-corrected chi connectivity index (χ4v) is 2.37. The number of halogens is 3. The molecule has 1 aromatic heterocycles. The second-order valence-electron chi connectivity index (χ2n) is 5.48. The van der Waals surface area contributed by atoms with Crippen molar-refractivity contribution in [2.45, 2.75) is 19.3 Å². The van der Waals surface area contributed by atoms with Crippen molar-refractivity contribution in [3.63, 3.8) is 0 Å². The molecule has 7 nitrogen and oxygen atoms in total. The zero-order valence-electron chi connectivity index (χ0n) is 13.7. The largest absolute Gasteiger partial charge is 0.573 e. The highest BCUT2D eigenvalue weighted by Crippen LogP contribution is 2.29. The Morgan fingerprint density at radius 1 is 1.11 bits per heavy atom. The van der Waals surface area contributed by atoms with Gasteiger partial charge in [-0.25, -0.2) is 4.68 Å². The zero-order valence-corrected chi connectivity index (χ0v) is 13.7. The summed E-state index contributed by atoms with van der Waals surface area (Å²) in [4.78, 5) is 24.4. The highest BCUT2D eigenvalue weighted by Gasteiger charge is 2.32. The van der Waals surface area contributed by atoms with Crippen LogP contribution in [0.2, 0.25) is 0 Å². The average Bonchev–Trinajstić information content (AvgIpc) is 2.62. The molecular weight excluding hydrogens is 365 g/mol. The summed E-state index contributed by atoms with van der Waals surface area (Å²) in [6.07, 6.45) is -5.07. The normalized spacial score (nSPS) is 11.4. The van der Waals surface area contributed by atoms with Gasteiger partial charge in [-0.1, -0.05) is 29.5 Å². The predicted molar refractivity (Wildman–Crippen MR) is 90.2 cm³/mol. The minimum atomic E-state index is -4.88. The van der Waals surface area contributed by atoms with Gasteiger partial charge in [-0.05, 0) is 24.3 Å². The molecule has 0 aliphatic carbocycles. The number of hydrogen-bond acceptors (Lipinski definition) is 5. The molecule has 140 valence electrons. The quantitative estimate of drug-likeness (QED) is 0.738. The first-order chi connectivity index (χ1) is 12.8. The first-order valence-corrected chi connectivity index (χ1v) is 7.81. The number of hydrogen-bond donors (Lipinski definition) is 1. The van der Waals surface area contributed by atoms with Crippen molar-refractivity contribution in [3.05, 3.63) is 58.9 Å². The van der Waals surface area contributed by atoms with E-state index >= 15 is 0 Å². The number of ether oxygens (including phenoxy) is 1. The van der Waals surface area contributed by atoms with Crippen molar-refractivity contribution in [2.24, 2.45) is 0 Å². The molecule has 1 N–H and O–H groups in total. The average molecular weight is 378 g/mol. The van der Waals surface area contributed by atoms with Gasteiger partial charge in [0, 0.05) is 6.42 Å². The standard InChI is InChI=1S/C17H13F3N4O3/c18-17(19,20)27-14-8-4-3-7-13(14)21-15(25)9-10-24-16(26)11-5-1-2-6-12(11)22-23-24/h1-8H,9-10H2,(H,21,25). The van der Waals surface area contributed by atoms with Gasteiger partial charge in [0.1, 0.15) is 5.52 Å². The maximum absolute atomic E-state index is 12.4. The number of nitrogens with one attached hydrogen (secondary N) is 1. The number of para-hydroxylation sites is 2. The molecule has 2 aromatic carbocycles. The van der Waals surface area contributed by atoms with Crippen LogP contribution in [0.5, 0.6) is 5.75 Å². The fourth-order valence-electron chi connectivity index (χ4n) is 2.37. The molecule has 0 spiro atoms. The van der Waals surface area contributed by atoms with Crippen molar-refractivity contribution in [1.29, 1.82) is 0 Å². The Kier molecular flexibility index (Phi) is 5.06. The lowest BCUT2D eigenvalue weighted by Gasteiger charge is -2.13. The van der Waals surface area contributed by atoms with Gasteiger partial charge in [0.25, 0.3) is 5.56 Å². The maximum Gasteiger partial charge on any atom is 0.573 e. The third-order valence-corrected chi connectivity index (χ3v) is 3.57. The molecule has 0 radical (unpaired) electrons. The van der Waals surface area contributed by atoms with Crippen LogP contribution < -0.4 is 15.6 Å². The van der Waals surface area contributed by atoms with Crippen LogP contribution in [0.15, 0.2) is 53.3 Å². The summed E-state index contributed by atoms with van der Waals surface area (Å²) >= 11 is 0. The molecule has 1 amide bonds. The molecular formula is C17H13F3N4O3. The minimum absolute atomic E-state index is 0.0786. The van der Waals surface area contributed by atoms with E-state index in [2.05, 4.69) is 20.4 Å². The van der Waals surface area contributed by atoms with Crippen LogP contribution in [-0.4, -0.2) is 27.3 Å². The number of anilines is 1. The summed E-state index contributed by atoms with van der Waals surface area (Å²) in [6, 6.07) is 11.8. The molecule has 10 heteroatoms. The second kappa shape index (κ2) is 7.44. The van der Waals surface area contributed by atoms with Crippen LogP contribution in [0.4, 0.5) is 18.9 Å². The zero-order chi connectivity index (χ0) is 19.4. The van der Waals surface area contributed by atoms with E-state index in [1.54, 1.807) is 24.3 Å². The van der Waals surface area contributed by atoms with E-state index in [9.17, 15) is 22.8 Å². The Morgan fingerprint density at radius 2 is 1.81 bits per heavy atom. The van der Waals surface area contributed by atoms with E-state index in [4.69, 9.17) is 0 Å². The van der Waals surface area contributed by atoms with Crippen molar-refractivity contribution in [1.82, 2.24) is 15.0 Å². The number of carbonyl (C=O) groups is 1. The lowest BCUT2D eigenvalue weighted by atomic mass is 10.2. The molecule has 1 heterocycles. The van der Waals surface area contributed by atoms with E-state index in [1.165, 1.54) is 18.2 Å². The highest BCUT2D eigenvalue weighted by molar-refractivity contribution is 5.92. The maximum atomic E-state index is 12.4. The SMILES string of the molecule is O=C(CCn1nnc2ccccc2c1=O)Nc1ccccc1OC(F)(F)F. The molecule has 0 unspecified atom stereocenters. The smallest absolute Gasteiger partial charge is 0.404 e. The Hall–Kier alpha value is -3.43. The number of alkyl halides is 3. The number of carbonyl (C=O) groups excluding carboxylic acids is 1. The van der Waals surface area contributed by atoms with E-state index in [1.807, 2.05) is 0 Å². The Morgan fingerprint density at radius 3 is 2.59 bits per heavy atom. The van der Waals surface area contributed by atoms with Crippen molar-refractivity contribution in [3.8, 4) is 5.75 Å². The first kappa shape index (κ1) is 18.4. The van der Waals surface area contributed by atoms with Crippen LogP contribution in [0.3, 0.4) is 0 Å². The molecule has 27 heavy (non-hydrogen) atoms. The topological polar surface area (TPSA) is 86.1 Å². The monoisotopic (exact) mass is 378 g/mol. The van der Waals surface area contributed by atoms with Crippen LogP contribution in [0.25, 0.3) is 10.9 Å². The molecule has 0 atom stereocenters. The lowest BCUT2D eigenvalue weighted by molar-refractivity contribution is -0.274. The third kappa shape index (κ3) is 4.60. The van der Waals surface area contributed by atoms with E-state index in [0.717, 1.165) is 10.7 Å². The number of nitrogens with zero attached hydrogens (tertiary/aromatic N) is 3. The number of benzene rings is 2. The molecule has 3 aromatic rings. The Balaban J connectivity index is 1.69. The number of fused-ring (bicyclic) bond motifs is 1. The molecule has 0 fully saturated rings. The minimum Gasteiger partial charge on any atom is -0.404 e. The van der Waals surface area contributed by atoms with Crippen molar-refractivity contribution < 1.29 is 22.7 Å². The summed E-state index contributed by atoms with van der Waals surface area (Å²) in [5.41, 5.74) is -0.104. The second-order valence-corrected chi connectivity index (χ2v) is 5.48. The van der Waals surface area contributed by atoms with Crippen LogP contribution in [-0.2, 0) is 11.3 Å². The van der Waals surface area contributed by atoms with E-state index in [0.29, 0.717) is 10.9 Å². The number of amides is 1. The van der Waals surface area contributed by atoms with Crippen molar-refractivity contribution in [2.75, 3.05) is 5.32 Å². The van der Waals surface area contributed by atoms with Gasteiger partial charge in [0.15, 0.2) is 5.75 Å². The summed E-state index contributed by atoms with van der Waals surface area (Å²) in [6.45, 7) is -0.0786. The Bertz CT molecular complexity index is 1030. The molecule has 0 saturated carbocycles. The number of aromatic nitrogens is 3. The van der Waals surface area contributed by atoms with Gasteiger partial charge in [-0.2, -0.15) is 0 Å². The molecule has 0 saturated heterocycles. The van der Waals surface area contributed by atoms with Crippen LogP contribution in [0, 0.1) is 0 Å². The van der Waals surface area contributed by atoms with E-state index < -0.39 is 23.6 Å². The van der Waals surface area contributed by atoms with Gasteiger partial charge in [0.05, 0.1) is 17.6 Å². The van der Waals surface area contributed by atoms with E-state index in [-0.39, 0.29) is 18.7 Å². The van der Waals surface area contributed by atoms with Crippen LogP contribution >= 0.6 is 0 Å². The van der Waals surface area contributed by atoms with Gasteiger partial charge in [-0.3, -0.25) is 9.59 Å². The molecule has 3 rings (SSSR count). The Labute approximate surface area is 150 Å².